The van der Waals surface area contributed by atoms with Crippen LogP contribution in [0.1, 0.15) is 25.2 Å². The summed E-state index contributed by atoms with van der Waals surface area (Å²) in [6.45, 7) is 3.74. The molecule has 106 valence electrons. The Kier molecular flexibility index (Phi) is 3.64. The Labute approximate surface area is 120 Å². The Morgan fingerprint density at radius 2 is 2.15 bits per heavy atom. The van der Waals surface area contributed by atoms with Crippen LogP contribution in [-0.4, -0.2) is 54.9 Å². The molecule has 2 heterocycles. The number of hydrogen-bond donors (Lipinski definition) is 0. The SMILES string of the molecule is COC1=CC(=O)c2sc(CN3CCOCC3)nc2C1=O. The number of carbonyl (C=O) groups excluding carboxylic acids is 2. The van der Waals surface area contributed by atoms with Crippen molar-refractivity contribution in [3.05, 3.63) is 27.4 Å². The molecular weight excluding hydrogens is 280 g/mol. The van der Waals surface area contributed by atoms with Crippen LogP contribution in [0.5, 0.6) is 0 Å². The molecule has 3 rings (SSSR count). The summed E-state index contributed by atoms with van der Waals surface area (Å²) in [7, 11) is 1.38. The van der Waals surface area contributed by atoms with Crippen molar-refractivity contribution in [3.63, 3.8) is 0 Å². The summed E-state index contributed by atoms with van der Waals surface area (Å²) in [5.41, 5.74) is 0.225. The molecule has 2 aliphatic rings. The van der Waals surface area contributed by atoms with Gasteiger partial charge in [0.15, 0.2) is 5.76 Å². The first-order valence-corrected chi connectivity index (χ1v) is 7.15. The molecule has 7 heteroatoms. The zero-order valence-corrected chi connectivity index (χ0v) is 11.9. The number of fused-ring (bicyclic) bond motifs is 1. The van der Waals surface area contributed by atoms with E-state index in [0.717, 1.165) is 18.1 Å². The summed E-state index contributed by atoms with van der Waals surface area (Å²) >= 11 is 1.29. The van der Waals surface area contributed by atoms with Gasteiger partial charge in [0, 0.05) is 19.2 Å². The second kappa shape index (κ2) is 5.43. The molecule has 0 amide bonds. The molecule has 0 spiro atoms. The topological polar surface area (TPSA) is 68.7 Å². The highest BCUT2D eigenvalue weighted by Crippen LogP contribution is 2.27. The fraction of sp³-hybridized carbons (Fsp3) is 0.462. The van der Waals surface area contributed by atoms with Crippen molar-refractivity contribution in [2.24, 2.45) is 0 Å². The molecule has 1 fully saturated rings. The van der Waals surface area contributed by atoms with Gasteiger partial charge in [-0.25, -0.2) is 4.98 Å². The van der Waals surface area contributed by atoms with Gasteiger partial charge in [-0.1, -0.05) is 0 Å². The summed E-state index contributed by atoms with van der Waals surface area (Å²) in [5, 5.41) is 0.782. The number of rotatable bonds is 3. The van der Waals surface area contributed by atoms with Crippen molar-refractivity contribution in [1.82, 2.24) is 9.88 Å². The van der Waals surface area contributed by atoms with E-state index in [1.165, 1.54) is 24.5 Å². The minimum atomic E-state index is -0.313. The van der Waals surface area contributed by atoms with Gasteiger partial charge in [-0.05, 0) is 0 Å². The van der Waals surface area contributed by atoms with Crippen LogP contribution < -0.4 is 0 Å². The minimum absolute atomic E-state index is 0.0609. The number of methoxy groups -OCH3 is 1. The van der Waals surface area contributed by atoms with Crippen LogP contribution in [0.25, 0.3) is 0 Å². The third-order valence-corrected chi connectivity index (χ3v) is 4.33. The number of ether oxygens (including phenoxy) is 2. The average Bonchev–Trinajstić information content (AvgIpc) is 2.88. The maximum atomic E-state index is 12.1. The Balaban J connectivity index is 1.82. The van der Waals surface area contributed by atoms with Crippen molar-refractivity contribution in [2.75, 3.05) is 33.4 Å². The highest BCUT2D eigenvalue weighted by molar-refractivity contribution is 7.14. The standard InChI is InChI=1S/C13H14N2O4S/c1-18-9-6-8(16)13-11(12(9)17)14-10(20-13)7-15-2-4-19-5-3-15/h6H,2-5,7H2,1H3. The molecule has 0 saturated carbocycles. The van der Waals surface area contributed by atoms with Crippen molar-refractivity contribution < 1.29 is 19.1 Å². The molecule has 0 aromatic carbocycles. The molecule has 0 unspecified atom stereocenters. The lowest BCUT2D eigenvalue weighted by Gasteiger charge is -2.25. The van der Waals surface area contributed by atoms with Crippen LogP contribution >= 0.6 is 11.3 Å². The van der Waals surface area contributed by atoms with Crippen molar-refractivity contribution in [3.8, 4) is 0 Å². The van der Waals surface area contributed by atoms with E-state index in [2.05, 4.69) is 9.88 Å². The maximum Gasteiger partial charge on any atom is 0.247 e. The summed E-state index contributed by atoms with van der Waals surface area (Å²) in [6, 6.07) is 0. The number of allylic oxidation sites excluding steroid dienone is 2. The zero-order chi connectivity index (χ0) is 14.1. The van der Waals surface area contributed by atoms with Crippen LogP contribution in [0.4, 0.5) is 0 Å². The largest absolute Gasteiger partial charge is 0.492 e. The maximum absolute atomic E-state index is 12.1. The molecule has 0 bridgehead atoms. The lowest BCUT2D eigenvalue weighted by atomic mass is 10.1. The van der Waals surface area contributed by atoms with Crippen molar-refractivity contribution in [1.29, 1.82) is 0 Å². The second-order valence-corrected chi connectivity index (χ2v) is 5.66. The van der Waals surface area contributed by atoms with Gasteiger partial charge in [0.25, 0.3) is 0 Å². The highest BCUT2D eigenvalue weighted by atomic mass is 32.1. The van der Waals surface area contributed by atoms with Crippen LogP contribution in [0, 0.1) is 0 Å². The Hall–Kier alpha value is -1.57. The van der Waals surface area contributed by atoms with Crippen molar-refractivity contribution >= 4 is 22.9 Å². The molecule has 6 nitrogen and oxygen atoms in total. The number of Topliss-reactive ketones (excluding diaryl/α,β-unsaturated/α-hetero) is 1. The lowest BCUT2D eigenvalue weighted by molar-refractivity contribution is 0.0341. The van der Waals surface area contributed by atoms with Crippen LogP contribution in [-0.2, 0) is 16.0 Å². The fourth-order valence-electron chi connectivity index (χ4n) is 2.22. The smallest absolute Gasteiger partial charge is 0.247 e. The Morgan fingerprint density at radius 3 is 2.85 bits per heavy atom. The predicted octanol–water partition coefficient (Wildman–Crippen LogP) is 0.885. The normalized spacial score (nSPS) is 19.8. The second-order valence-electron chi connectivity index (χ2n) is 4.58. The van der Waals surface area contributed by atoms with E-state index >= 15 is 0 Å². The van der Waals surface area contributed by atoms with E-state index < -0.39 is 0 Å². The van der Waals surface area contributed by atoms with Gasteiger partial charge in [0.1, 0.15) is 15.6 Å². The molecule has 1 aliphatic carbocycles. The van der Waals surface area contributed by atoms with E-state index in [1.807, 2.05) is 0 Å². The average molecular weight is 294 g/mol. The molecule has 20 heavy (non-hydrogen) atoms. The summed E-state index contributed by atoms with van der Waals surface area (Å²) < 4.78 is 10.2. The van der Waals surface area contributed by atoms with Crippen LogP contribution in [0.3, 0.4) is 0 Å². The van der Waals surface area contributed by atoms with E-state index in [0.29, 0.717) is 24.6 Å². The fourth-order valence-corrected chi connectivity index (χ4v) is 3.24. The highest BCUT2D eigenvalue weighted by Gasteiger charge is 2.31. The first kappa shape index (κ1) is 13.4. The van der Waals surface area contributed by atoms with Crippen LogP contribution in [0.2, 0.25) is 0 Å². The Bertz CT molecular complexity index is 587. The number of morpholine rings is 1. The number of thiazole rings is 1. The number of ketones is 2. The molecule has 1 aromatic heterocycles. The number of hydrogen-bond acceptors (Lipinski definition) is 7. The van der Waals surface area contributed by atoms with E-state index in [1.54, 1.807) is 0 Å². The zero-order valence-electron chi connectivity index (χ0n) is 11.0. The Morgan fingerprint density at radius 1 is 1.40 bits per heavy atom. The van der Waals surface area contributed by atoms with E-state index in [-0.39, 0.29) is 23.0 Å². The first-order valence-electron chi connectivity index (χ1n) is 6.33. The third kappa shape index (κ3) is 2.39. The molecule has 1 aliphatic heterocycles. The molecule has 0 atom stereocenters. The molecule has 0 N–H and O–H groups in total. The lowest BCUT2D eigenvalue weighted by Crippen LogP contribution is -2.35. The summed E-state index contributed by atoms with van der Waals surface area (Å²) in [6.07, 6.45) is 1.24. The first-order chi connectivity index (χ1) is 9.69. The number of nitrogens with zero attached hydrogens (tertiary/aromatic N) is 2. The molecular formula is C13H14N2O4S. The monoisotopic (exact) mass is 294 g/mol. The quantitative estimate of drug-likeness (QED) is 0.824. The van der Waals surface area contributed by atoms with E-state index in [9.17, 15) is 9.59 Å². The molecule has 1 saturated heterocycles. The van der Waals surface area contributed by atoms with Gasteiger partial charge in [0.2, 0.25) is 11.6 Å². The number of carbonyl (C=O) groups is 2. The van der Waals surface area contributed by atoms with Gasteiger partial charge in [0.05, 0.1) is 26.9 Å². The van der Waals surface area contributed by atoms with Gasteiger partial charge >= 0.3 is 0 Å². The van der Waals surface area contributed by atoms with Gasteiger partial charge in [-0.15, -0.1) is 11.3 Å². The number of aromatic nitrogens is 1. The third-order valence-electron chi connectivity index (χ3n) is 3.28. The molecule has 0 radical (unpaired) electrons. The summed E-state index contributed by atoms with van der Waals surface area (Å²) in [5.74, 6) is -0.459. The molecule has 1 aromatic rings. The van der Waals surface area contributed by atoms with Gasteiger partial charge in [-0.2, -0.15) is 0 Å². The minimum Gasteiger partial charge on any atom is -0.492 e. The van der Waals surface area contributed by atoms with Crippen LogP contribution in [0.15, 0.2) is 11.8 Å². The summed E-state index contributed by atoms with van der Waals surface area (Å²) in [4.78, 5) is 30.9. The van der Waals surface area contributed by atoms with E-state index in [4.69, 9.17) is 9.47 Å². The van der Waals surface area contributed by atoms with Gasteiger partial charge in [-0.3, -0.25) is 14.5 Å². The predicted molar refractivity (Wildman–Crippen MR) is 72.0 cm³/mol. The van der Waals surface area contributed by atoms with Gasteiger partial charge < -0.3 is 9.47 Å². The van der Waals surface area contributed by atoms with Crippen molar-refractivity contribution in [2.45, 2.75) is 6.54 Å².